The summed E-state index contributed by atoms with van der Waals surface area (Å²) in [6.45, 7) is 3.20. The Morgan fingerprint density at radius 1 is 1.27 bits per heavy atom. The number of nitrogens with one attached hydrogen (secondary N) is 1. The first-order valence-electron chi connectivity index (χ1n) is 9.59. The van der Waals surface area contributed by atoms with Crippen LogP contribution in [0, 0.1) is 0 Å². The van der Waals surface area contributed by atoms with Gasteiger partial charge < -0.3 is 20.7 Å². The van der Waals surface area contributed by atoms with Crippen molar-refractivity contribution in [2.45, 2.75) is 76.9 Å². The van der Waals surface area contributed by atoms with Gasteiger partial charge in [0.25, 0.3) is 0 Å². The zero-order valence-electron chi connectivity index (χ0n) is 15.7. The molecule has 1 rings (SSSR count). The lowest BCUT2D eigenvalue weighted by Crippen LogP contribution is -2.37. The lowest BCUT2D eigenvalue weighted by molar-refractivity contribution is -0.166. The Balaban J connectivity index is 2.59. The van der Waals surface area contributed by atoms with Crippen LogP contribution in [-0.2, 0) is 23.4 Å². The van der Waals surface area contributed by atoms with Crippen LogP contribution in [0.2, 0.25) is 0 Å². The summed E-state index contributed by atoms with van der Waals surface area (Å²) in [5.41, 5.74) is 5.45. The second-order valence-corrected chi connectivity index (χ2v) is 8.62. The number of unbranched alkanes of at least 4 members (excludes halogenated alkanes) is 4. The van der Waals surface area contributed by atoms with Gasteiger partial charge in [-0.15, -0.1) is 0 Å². The smallest absolute Gasteiger partial charge is 0.343 e. The van der Waals surface area contributed by atoms with Crippen LogP contribution in [0.3, 0.4) is 0 Å². The van der Waals surface area contributed by atoms with Crippen molar-refractivity contribution in [1.82, 2.24) is 5.32 Å². The van der Waals surface area contributed by atoms with Crippen LogP contribution in [0.1, 0.15) is 64.7 Å². The van der Waals surface area contributed by atoms with Gasteiger partial charge in [-0.25, -0.2) is 9.59 Å². The minimum Gasteiger partial charge on any atom is -0.390 e. The number of carbonyl (C=O) groups excluding carboxylic acids is 2. The summed E-state index contributed by atoms with van der Waals surface area (Å²) in [5, 5.41) is 2.95. The predicted octanol–water partition coefficient (Wildman–Crippen LogP) is 2.09. The Kier molecular flexibility index (Phi) is 11.2. The number of carbonyl (C=O) groups is 2. The van der Waals surface area contributed by atoms with Gasteiger partial charge in [-0.3, -0.25) is 9.09 Å². The topological polar surface area (TPSA) is 128 Å². The van der Waals surface area contributed by atoms with E-state index in [9.17, 15) is 19.0 Å². The van der Waals surface area contributed by atoms with Crippen LogP contribution < -0.4 is 11.1 Å². The summed E-state index contributed by atoms with van der Waals surface area (Å²) in [6, 6.07) is -0.501. The zero-order valence-corrected chi connectivity index (χ0v) is 16.5. The van der Waals surface area contributed by atoms with E-state index in [1.165, 1.54) is 0 Å². The molecule has 0 aromatic carbocycles. The van der Waals surface area contributed by atoms with Crippen molar-refractivity contribution in [2.75, 3.05) is 19.3 Å². The largest absolute Gasteiger partial charge is 0.390 e. The lowest BCUT2D eigenvalue weighted by atomic mass is 10.1. The van der Waals surface area contributed by atoms with Crippen molar-refractivity contribution >= 4 is 19.5 Å². The number of esters is 2. The van der Waals surface area contributed by atoms with Crippen LogP contribution in [0.5, 0.6) is 0 Å². The maximum Gasteiger partial charge on any atom is 0.343 e. The van der Waals surface area contributed by atoms with E-state index in [-0.39, 0.29) is 12.6 Å². The molecule has 0 aliphatic carbocycles. The average molecular weight is 392 g/mol. The molecule has 0 radical (unpaired) electrons. The highest BCUT2D eigenvalue weighted by molar-refractivity contribution is 7.52. The monoisotopic (exact) mass is 392 g/mol. The van der Waals surface area contributed by atoms with Crippen LogP contribution in [0.15, 0.2) is 0 Å². The standard InChI is InChI=1S/C17H33N2O6P/c1-2-3-4-7-13-26(22,23)25-15(10-5-6-11-18)17(21)24-16(20)14-9-8-12-19-14/h14-15,19H,2-13,18H2,1H3,(H,22,23)/t14-,15?/m0/s1. The molecule has 1 aliphatic rings. The van der Waals surface area contributed by atoms with Crippen molar-refractivity contribution in [2.24, 2.45) is 5.73 Å². The SMILES string of the molecule is CCCCCCP(=O)(O)OC(CCCCN)C(=O)OC(=O)[C@@H]1CCCN1. The average Bonchev–Trinajstić information content (AvgIpc) is 3.12. The van der Waals surface area contributed by atoms with Crippen molar-refractivity contribution in [3.05, 3.63) is 0 Å². The maximum atomic E-state index is 12.3. The van der Waals surface area contributed by atoms with Gasteiger partial charge in [0.1, 0.15) is 6.04 Å². The molecule has 1 fully saturated rings. The summed E-state index contributed by atoms with van der Waals surface area (Å²) in [7, 11) is -3.92. The van der Waals surface area contributed by atoms with Crippen molar-refractivity contribution in [3.63, 3.8) is 0 Å². The summed E-state index contributed by atoms with van der Waals surface area (Å²) in [4.78, 5) is 34.3. The molecular formula is C17H33N2O6P. The molecule has 0 aromatic heterocycles. The third-order valence-corrected chi connectivity index (χ3v) is 5.78. The van der Waals surface area contributed by atoms with Gasteiger partial charge in [0.15, 0.2) is 6.10 Å². The molecule has 1 saturated heterocycles. The minimum absolute atomic E-state index is 0.00814. The van der Waals surface area contributed by atoms with Crippen LogP contribution >= 0.6 is 7.60 Å². The molecule has 26 heavy (non-hydrogen) atoms. The lowest BCUT2D eigenvalue weighted by Gasteiger charge is -2.20. The van der Waals surface area contributed by atoms with Crippen molar-refractivity contribution in [1.29, 1.82) is 0 Å². The van der Waals surface area contributed by atoms with Crippen molar-refractivity contribution < 1.29 is 28.3 Å². The number of rotatable bonds is 13. The fraction of sp³-hybridized carbons (Fsp3) is 0.882. The van der Waals surface area contributed by atoms with Gasteiger partial charge in [-0.2, -0.15) is 0 Å². The second kappa shape index (κ2) is 12.6. The van der Waals surface area contributed by atoms with Gasteiger partial charge >= 0.3 is 19.5 Å². The highest BCUT2D eigenvalue weighted by Crippen LogP contribution is 2.45. The molecule has 1 aliphatic heterocycles. The van der Waals surface area contributed by atoms with E-state index in [0.717, 1.165) is 25.7 Å². The van der Waals surface area contributed by atoms with Gasteiger partial charge in [0.05, 0.1) is 6.16 Å². The molecular weight excluding hydrogens is 359 g/mol. The number of nitrogens with two attached hydrogens (primary N) is 1. The molecule has 0 bridgehead atoms. The predicted molar refractivity (Wildman–Crippen MR) is 98.7 cm³/mol. The van der Waals surface area contributed by atoms with E-state index in [1.54, 1.807) is 0 Å². The fourth-order valence-electron chi connectivity index (χ4n) is 2.80. The number of ether oxygens (including phenoxy) is 1. The van der Waals surface area contributed by atoms with Crippen LogP contribution in [0.4, 0.5) is 0 Å². The third-order valence-electron chi connectivity index (χ3n) is 4.32. The molecule has 0 saturated carbocycles. The van der Waals surface area contributed by atoms with Gasteiger partial charge in [0.2, 0.25) is 0 Å². The first kappa shape index (κ1) is 23.2. The first-order chi connectivity index (χ1) is 12.4. The fourth-order valence-corrected chi connectivity index (χ4v) is 4.12. The Hall–Kier alpha value is -0.790. The maximum absolute atomic E-state index is 12.3. The number of hydrogen-bond donors (Lipinski definition) is 3. The van der Waals surface area contributed by atoms with E-state index >= 15 is 0 Å². The first-order valence-corrected chi connectivity index (χ1v) is 11.3. The second-order valence-electron chi connectivity index (χ2n) is 6.69. The molecule has 4 N–H and O–H groups in total. The molecule has 9 heteroatoms. The zero-order chi connectivity index (χ0) is 19.4. The van der Waals surface area contributed by atoms with E-state index in [1.807, 2.05) is 0 Å². The Morgan fingerprint density at radius 2 is 2.04 bits per heavy atom. The molecule has 3 atom stereocenters. The van der Waals surface area contributed by atoms with Crippen molar-refractivity contribution in [3.8, 4) is 0 Å². The highest BCUT2D eigenvalue weighted by Gasteiger charge is 2.33. The van der Waals surface area contributed by atoms with E-state index < -0.39 is 31.7 Å². The summed E-state index contributed by atoms with van der Waals surface area (Å²) in [5.74, 6) is -1.56. The van der Waals surface area contributed by atoms with E-state index in [4.69, 9.17) is 15.0 Å². The summed E-state index contributed by atoms with van der Waals surface area (Å²) < 4.78 is 22.4. The molecule has 8 nitrogen and oxygen atoms in total. The Morgan fingerprint density at radius 3 is 2.65 bits per heavy atom. The Bertz CT molecular complexity index is 482. The highest BCUT2D eigenvalue weighted by atomic mass is 31.2. The van der Waals surface area contributed by atoms with Gasteiger partial charge in [-0.05, 0) is 51.6 Å². The van der Waals surface area contributed by atoms with Crippen LogP contribution in [0.25, 0.3) is 0 Å². The van der Waals surface area contributed by atoms with E-state index in [0.29, 0.717) is 38.8 Å². The molecule has 152 valence electrons. The molecule has 0 spiro atoms. The molecule has 1 heterocycles. The number of hydrogen-bond acceptors (Lipinski definition) is 7. The minimum atomic E-state index is -3.92. The Labute approximate surface area is 155 Å². The van der Waals surface area contributed by atoms with Gasteiger partial charge in [-0.1, -0.05) is 26.2 Å². The molecule has 0 aromatic rings. The van der Waals surface area contributed by atoms with E-state index in [2.05, 4.69) is 12.2 Å². The van der Waals surface area contributed by atoms with Gasteiger partial charge in [0, 0.05) is 0 Å². The third kappa shape index (κ3) is 9.24. The summed E-state index contributed by atoms with van der Waals surface area (Å²) in [6.07, 6.45) is 4.98. The molecule has 2 unspecified atom stereocenters. The quantitative estimate of drug-likeness (QED) is 0.188. The normalized spacial score (nSPS) is 20.5. The summed E-state index contributed by atoms with van der Waals surface area (Å²) >= 11 is 0. The molecule has 0 amide bonds. The van der Waals surface area contributed by atoms with Crippen LogP contribution in [-0.4, -0.2) is 48.2 Å².